The second-order valence-corrected chi connectivity index (χ2v) is 3.43. The smallest absolute Gasteiger partial charge is 0.358 e. The summed E-state index contributed by atoms with van der Waals surface area (Å²) in [5, 5.41) is 19.2. The van der Waals surface area contributed by atoms with Gasteiger partial charge in [-0.25, -0.2) is 9.90 Å². The van der Waals surface area contributed by atoms with Crippen LogP contribution < -0.4 is 0 Å². The summed E-state index contributed by atoms with van der Waals surface area (Å²) in [7, 11) is 0. The Labute approximate surface area is 79.8 Å². The minimum absolute atomic E-state index is 0.228. The molecule has 3 heteroatoms. The first-order valence-corrected chi connectivity index (χ1v) is 5.04. The minimum Gasteiger partial charge on any atom is -0.393 e. The van der Waals surface area contributed by atoms with E-state index >= 15 is 0 Å². The van der Waals surface area contributed by atoms with E-state index in [9.17, 15) is 9.90 Å². The maximum Gasteiger partial charge on any atom is 0.358 e. The fourth-order valence-electron chi connectivity index (χ4n) is 1.28. The second kappa shape index (κ2) is 8.05. The van der Waals surface area contributed by atoms with Gasteiger partial charge < -0.3 is 5.11 Å². The number of aliphatic hydroxyl groups is 1. The Hall–Kier alpha value is -0.570. The summed E-state index contributed by atoms with van der Waals surface area (Å²) in [6.45, 7) is 2.14. The lowest BCUT2D eigenvalue weighted by molar-refractivity contribution is -0.145. The summed E-state index contributed by atoms with van der Waals surface area (Å²) in [6, 6.07) is 0. The SMILES string of the molecule is CCCCCCCC(O)CC([O])=O. The maximum absolute atomic E-state index is 10.1. The van der Waals surface area contributed by atoms with Gasteiger partial charge in [-0.3, -0.25) is 0 Å². The third-order valence-corrected chi connectivity index (χ3v) is 2.04. The molecule has 3 nitrogen and oxygen atoms in total. The molecule has 0 amide bonds. The van der Waals surface area contributed by atoms with Gasteiger partial charge in [0, 0.05) is 0 Å². The molecule has 0 spiro atoms. The average molecular weight is 187 g/mol. The Bertz CT molecular complexity index is 134. The molecule has 0 saturated heterocycles. The number of carbonyl (C=O) groups excluding carboxylic acids is 1. The van der Waals surface area contributed by atoms with Crippen LogP contribution in [0.3, 0.4) is 0 Å². The predicted molar refractivity (Wildman–Crippen MR) is 49.7 cm³/mol. The summed E-state index contributed by atoms with van der Waals surface area (Å²) < 4.78 is 0. The standard InChI is InChI=1S/C10H19O3/c1-2-3-4-5-6-7-9(11)8-10(12)13/h9,11H,2-8H2,1H3. The molecule has 1 N–H and O–H groups in total. The molecule has 0 rings (SSSR count). The van der Waals surface area contributed by atoms with Crippen LogP contribution in [-0.4, -0.2) is 17.2 Å². The number of hydrogen-bond donors (Lipinski definition) is 1. The van der Waals surface area contributed by atoms with Crippen molar-refractivity contribution in [2.75, 3.05) is 0 Å². The van der Waals surface area contributed by atoms with Crippen LogP contribution in [0.1, 0.15) is 51.9 Å². The van der Waals surface area contributed by atoms with E-state index in [1.165, 1.54) is 19.3 Å². The van der Waals surface area contributed by atoms with Gasteiger partial charge in [0.1, 0.15) is 0 Å². The van der Waals surface area contributed by atoms with E-state index in [2.05, 4.69) is 6.92 Å². The first kappa shape index (κ1) is 12.4. The molecule has 1 radical (unpaired) electrons. The highest BCUT2D eigenvalue weighted by Crippen LogP contribution is 2.08. The van der Waals surface area contributed by atoms with Crippen molar-refractivity contribution in [3.05, 3.63) is 0 Å². The molecule has 0 aromatic heterocycles. The molecule has 0 aliphatic heterocycles. The van der Waals surface area contributed by atoms with Gasteiger partial charge in [-0.2, -0.15) is 0 Å². The Balaban J connectivity index is 3.17. The van der Waals surface area contributed by atoms with Crippen LogP contribution in [0, 0.1) is 0 Å². The van der Waals surface area contributed by atoms with E-state index in [0.29, 0.717) is 6.42 Å². The first-order chi connectivity index (χ1) is 6.16. The van der Waals surface area contributed by atoms with Crippen LogP contribution in [0.2, 0.25) is 0 Å². The molecule has 0 fully saturated rings. The maximum atomic E-state index is 10.1. The molecule has 0 aliphatic carbocycles. The number of hydrogen-bond acceptors (Lipinski definition) is 2. The van der Waals surface area contributed by atoms with Crippen molar-refractivity contribution in [2.24, 2.45) is 0 Å². The fraction of sp³-hybridized carbons (Fsp3) is 0.900. The highest BCUT2D eigenvalue weighted by atomic mass is 16.4. The van der Waals surface area contributed by atoms with E-state index in [-0.39, 0.29) is 6.42 Å². The molecule has 1 atom stereocenters. The van der Waals surface area contributed by atoms with Crippen molar-refractivity contribution >= 4 is 5.97 Å². The van der Waals surface area contributed by atoms with Gasteiger partial charge in [-0.15, -0.1) is 0 Å². The highest BCUT2D eigenvalue weighted by molar-refractivity contribution is 5.66. The number of carbonyl (C=O) groups is 1. The van der Waals surface area contributed by atoms with Crippen molar-refractivity contribution in [2.45, 2.75) is 58.0 Å². The number of rotatable bonds is 8. The first-order valence-electron chi connectivity index (χ1n) is 5.04. The quantitative estimate of drug-likeness (QED) is 0.591. The van der Waals surface area contributed by atoms with Crippen LogP contribution in [0.4, 0.5) is 0 Å². The van der Waals surface area contributed by atoms with E-state index in [0.717, 1.165) is 12.8 Å². The summed E-state index contributed by atoms with van der Waals surface area (Å²) in [5.74, 6) is -1.17. The summed E-state index contributed by atoms with van der Waals surface area (Å²) in [5.41, 5.74) is 0. The molecule has 0 heterocycles. The molecule has 0 bridgehead atoms. The Morgan fingerprint density at radius 1 is 1.23 bits per heavy atom. The van der Waals surface area contributed by atoms with Gasteiger partial charge in [0.05, 0.1) is 12.5 Å². The summed E-state index contributed by atoms with van der Waals surface area (Å²) in [4.78, 5) is 10.1. The fourth-order valence-corrected chi connectivity index (χ4v) is 1.28. The molecule has 77 valence electrons. The zero-order chi connectivity index (χ0) is 10.1. The summed E-state index contributed by atoms with van der Waals surface area (Å²) >= 11 is 0. The lowest BCUT2D eigenvalue weighted by Gasteiger charge is -2.05. The van der Waals surface area contributed by atoms with Crippen LogP contribution in [-0.2, 0) is 9.90 Å². The second-order valence-electron chi connectivity index (χ2n) is 3.43. The highest BCUT2D eigenvalue weighted by Gasteiger charge is 2.09. The van der Waals surface area contributed by atoms with Crippen LogP contribution >= 0.6 is 0 Å². The van der Waals surface area contributed by atoms with E-state index in [1.54, 1.807) is 0 Å². The predicted octanol–water partition coefficient (Wildman–Crippen LogP) is 2.05. The molecule has 1 unspecified atom stereocenters. The van der Waals surface area contributed by atoms with Gasteiger partial charge in [0.25, 0.3) is 0 Å². The van der Waals surface area contributed by atoms with Gasteiger partial charge in [-0.05, 0) is 6.42 Å². The largest absolute Gasteiger partial charge is 0.393 e. The third-order valence-electron chi connectivity index (χ3n) is 2.04. The van der Waals surface area contributed by atoms with E-state index in [1.807, 2.05) is 0 Å². The topological polar surface area (TPSA) is 57.2 Å². The molecular weight excluding hydrogens is 168 g/mol. The molecule has 0 saturated carbocycles. The van der Waals surface area contributed by atoms with Crippen molar-refractivity contribution < 1.29 is 15.0 Å². The molecule has 13 heavy (non-hydrogen) atoms. The normalized spacial score (nSPS) is 12.8. The molecule has 0 aromatic rings. The zero-order valence-corrected chi connectivity index (χ0v) is 8.29. The van der Waals surface area contributed by atoms with Gasteiger partial charge >= 0.3 is 5.97 Å². The van der Waals surface area contributed by atoms with E-state index < -0.39 is 12.1 Å². The summed E-state index contributed by atoms with van der Waals surface area (Å²) in [6.07, 6.45) is 5.22. The van der Waals surface area contributed by atoms with Crippen molar-refractivity contribution in [3.63, 3.8) is 0 Å². The van der Waals surface area contributed by atoms with Crippen molar-refractivity contribution in [1.29, 1.82) is 0 Å². The van der Waals surface area contributed by atoms with Gasteiger partial charge in [0.2, 0.25) is 0 Å². The van der Waals surface area contributed by atoms with Crippen molar-refractivity contribution in [3.8, 4) is 0 Å². The minimum atomic E-state index is -1.17. The van der Waals surface area contributed by atoms with E-state index in [4.69, 9.17) is 5.11 Å². The molecule has 0 aliphatic rings. The Kier molecular flexibility index (Phi) is 7.69. The van der Waals surface area contributed by atoms with Gasteiger partial charge in [-0.1, -0.05) is 39.0 Å². The van der Waals surface area contributed by atoms with Crippen molar-refractivity contribution in [1.82, 2.24) is 0 Å². The number of unbranched alkanes of at least 4 members (excludes halogenated alkanes) is 4. The van der Waals surface area contributed by atoms with Crippen LogP contribution in [0.25, 0.3) is 0 Å². The van der Waals surface area contributed by atoms with Crippen LogP contribution in [0.15, 0.2) is 0 Å². The Morgan fingerprint density at radius 3 is 2.38 bits per heavy atom. The Morgan fingerprint density at radius 2 is 1.85 bits per heavy atom. The lowest BCUT2D eigenvalue weighted by atomic mass is 10.1. The third kappa shape index (κ3) is 9.34. The van der Waals surface area contributed by atoms with Gasteiger partial charge in [0.15, 0.2) is 0 Å². The monoisotopic (exact) mass is 187 g/mol. The zero-order valence-electron chi connectivity index (χ0n) is 8.29. The lowest BCUT2D eigenvalue weighted by Crippen LogP contribution is -2.11. The van der Waals surface area contributed by atoms with Crippen LogP contribution in [0.5, 0.6) is 0 Å². The molecule has 0 aromatic carbocycles. The average Bonchev–Trinajstić information content (AvgIpc) is 2.02. The molecular formula is C10H19O3. The number of aliphatic hydroxyl groups excluding tert-OH is 1.